The third-order valence-corrected chi connectivity index (χ3v) is 6.40. The largest absolute Gasteiger partial charge is 0.461 e. The molecule has 6 aromatic rings. The van der Waals surface area contributed by atoms with Crippen LogP contribution in [0.1, 0.15) is 23.0 Å². The molecule has 6 rings (SSSR count). The third-order valence-electron chi connectivity index (χ3n) is 6.40. The summed E-state index contributed by atoms with van der Waals surface area (Å²) in [7, 11) is 0. The normalized spacial score (nSPS) is 10.7. The predicted octanol–water partition coefficient (Wildman–Crippen LogP) is 7.61. The number of nitrogens with zero attached hydrogens (tertiary/aromatic N) is 2. The van der Waals surface area contributed by atoms with Gasteiger partial charge in [-0.25, -0.2) is 4.79 Å². The van der Waals surface area contributed by atoms with Crippen molar-refractivity contribution >= 4 is 33.5 Å². The molecule has 0 bridgehead atoms. The number of esters is 1. The van der Waals surface area contributed by atoms with Crippen LogP contribution in [0.2, 0.25) is 0 Å². The molecule has 2 heterocycles. The Morgan fingerprint density at radius 3 is 2.31 bits per heavy atom. The second-order valence-corrected chi connectivity index (χ2v) is 8.97. The molecule has 0 radical (unpaired) electrons. The molecule has 0 spiro atoms. The van der Waals surface area contributed by atoms with Gasteiger partial charge in [0.25, 0.3) is 5.69 Å². The number of nitro groups is 1. The number of aromatic nitrogens is 2. The van der Waals surface area contributed by atoms with Gasteiger partial charge in [-0.2, -0.15) is 0 Å². The van der Waals surface area contributed by atoms with Crippen molar-refractivity contribution in [1.29, 1.82) is 0 Å². The summed E-state index contributed by atoms with van der Waals surface area (Å²) in [6, 6.07) is 34.9. The summed E-state index contributed by atoms with van der Waals surface area (Å²) in [5.74, 6) is -0.302. The molecule has 0 aliphatic heterocycles. The van der Waals surface area contributed by atoms with E-state index < -0.39 is 0 Å². The molecule has 2 aromatic heterocycles. The Labute approximate surface area is 225 Å². The van der Waals surface area contributed by atoms with E-state index in [9.17, 15) is 14.9 Å². The predicted molar refractivity (Wildman–Crippen MR) is 154 cm³/mol. The zero-order valence-corrected chi connectivity index (χ0v) is 21.4. The van der Waals surface area contributed by atoms with Crippen LogP contribution < -0.4 is 0 Å². The average Bonchev–Trinajstić information content (AvgIpc) is 3.57. The molecule has 0 amide bonds. The first-order chi connectivity index (χ1) is 19.0. The van der Waals surface area contributed by atoms with E-state index in [1.807, 2.05) is 66.7 Å². The maximum absolute atomic E-state index is 11.4. The number of hydrogen-bond donors (Lipinski definition) is 1. The van der Waals surface area contributed by atoms with Crippen LogP contribution in [0.3, 0.4) is 0 Å². The lowest BCUT2D eigenvalue weighted by Crippen LogP contribution is -2.04. The van der Waals surface area contributed by atoms with E-state index in [4.69, 9.17) is 4.74 Å². The minimum absolute atomic E-state index is 0.117. The Morgan fingerprint density at radius 2 is 1.59 bits per heavy atom. The highest BCUT2D eigenvalue weighted by molar-refractivity contribution is 5.96. The second-order valence-electron chi connectivity index (χ2n) is 8.97. The van der Waals surface area contributed by atoms with Crippen molar-refractivity contribution in [2.24, 2.45) is 0 Å². The molecule has 1 N–H and O–H groups in total. The SMILES string of the molecule is CCOC(=O)c1cc2ccccc2[nH]1.O=[N+]([O-])c1ccc(Cn2cc(-c3ccccc3)c3ccccc32)cc1. The zero-order chi connectivity index (χ0) is 27.2. The molecule has 7 nitrogen and oxygen atoms in total. The lowest BCUT2D eigenvalue weighted by Gasteiger charge is -2.05. The Balaban J connectivity index is 0.000000186. The van der Waals surface area contributed by atoms with Gasteiger partial charge >= 0.3 is 5.97 Å². The molecule has 194 valence electrons. The fourth-order valence-electron chi connectivity index (χ4n) is 4.54. The highest BCUT2D eigenvalue weighted by atomic mass is 16.6. The summed E-state index contributed by atoms with van der Waals surface area (Å²) in [6.07, 6.45) is 2.15. The first kappa shape index (κ1) is 25.5. The first-order valence-corrected chi connectivity index (χ1v) is 12.6. The molecule has 0 saturated heterocycles. The minimum Gasteiger partial charge on any atom is -0.461 e. The van der Waals surface area contributed by atoms with Gasteiger partial charge in [0.15, 0.2) is 0 Å². The fraction of sp³-hybridized carbons (Fsp3) is 0.0938. The molecule has 0 saturated carbocycles. The Bertz CT molecular complexity index is 1700. The van der Waals surface area contributed by atoms with Gasteiger partial charge in [-0.3, -0.25) is 10.1 Å². The van der Waals surface area contributed by atoms with E-state index in [1.54, 1.807) is 25.1 Å². The Hall–Kier alpha value is -5.17. The van der Waals surface area contributed by atoms with Crippen molar-refractivity contribution in [2.75, 3.05) is 6.61 Å². The summed E-state index contributed by atoms with van der Waals surface area (Å²) in [5, 5.41) is 13.0. The molecule has 39 heavy (non-hydrogen) atoms. The van der Waals surface area contributed by atoms with Gasteiger partial charge in [-0.15, -0.1) is 0 Å². The summed E-state index contributed by atoms with van der Waals surface area (Å²) in [4.78, 5) is 24.8. The van der Waals surface area contributed by atoms with Crippen molar-refractivity contribution in [2.45, 2.75) is 13.5 Å². The van der Waals surface area contributed by atoms with Gasteiger partial charge in [0.05, 0.1) is 11.5 Å². The summed E-state index contributed by atoms with van der Waals surface area (Å²) >= 11 is 0. The summed E-state index contributed by atoms with van der Waals surface area (Å²) < 4.78 is 7.08. The van der Waals surface area contributed by atoms with Crippen molar-refractivity contribution in [3.05, 3.63) is 137 Å². The van der Waals surface area contributed by atoms with E-state index in [1.165, 1.54) is 16.5 Å². The van der Waals surface area contributed by atoms with Crippen LogP contribution in [-0.4, -0.2) is 27.1 Å². The Kier molecular flexibility index (Phi) is 7.50. The quantitative estimate of drug-likeness (QED) is 0.140. The zero-order valence-electron chi connectivity index (χ0n) is 21.4. The van der Waals surface area contributed by atoms with Gasteiger partial charge in [0.2, 0.25) is 0 Å². The van der Waals surface area contributed by atoms with Crippen molar-refractivity contribution in [3.63, 3.8) is 0 Å². The number of hydrogen-bond acceptors (Lipinski definition) is 4. The number of para-hydroxylation sites is 2. The fourth-order valence-corrected chi connectivity index (χ4v) is 4.54. The number of fused-ring (bicyclic) bond motifs is 2. The van der Waals surface area contributed by atoms with Crippen molar-refractivity contribution in [3.8, 4) is 11.1 Å². The van der Waals surface area contributed by atoms with Crippen LogP contribution in [0, 0.1) is 10.1 Å². The van der Waals surface area contributed by atoms with Gasteiger partial charge in [-0.1, -0.05) is 78.9 Å². The second kappa shape index (κ2) is 11.5. The maximum atomic E-state index is 11.4. The number of non-ortho nitro benzene ring substituents is 1. The molecule has 0 fully saturated rings. The van der Waals surface area contributed by atoms with Crippen LogP contribution in [0.25, 0.3) is 32.9 Å². The lowest BCUT2D eigenvalue weighted by atomic mass is 10.1. The molecular weight excluding hydrogens is 490 g/mol. The van der Waals surface area contributed by atoms with Gasteiger partial charge in [-0.05, 0) is 36.2 Å². The maximum Gasteiger partial charge on any atom is 0.354 e. The highest BCUT2D eigenvalue weighted by Gasteiger charge is 2.11. The highest BCUT2D eigenvalue weighted by Crippen LogP contribution is 2.31. The number of nitro benzene ring substituents is 1. The summed E-state index contributed by atoms with van der Waals surface area (Å²) in [6.45, 7) is 2.86. The number of aromatic amines is 1. The van der Waals surface area contributed by atoms with Crippen LogP contribution >= 0.6 is 0 Å². The van der Waals surface area contributed by atoms with Crippen molar-refractivity contribution in [1.82, 2.24) is 9.55 Å². The smallest absolute Gasteiger partial charge is 0.354 e. The van der Waals surface area contributed by atoms with Crippen molar-refractivity contribution < 1.29 is 14.5 Å². The number of H-pyrrole nitrogens is 1. The average molecular weight is 518 g/mol. The number of nitrogens with one attached hydrogen (secondary N) is 1. The monoisotopic (exact) mass is 517 g/mol. The molecule has 0 unspecified atom stereocenters. The van der Waals surface area contributed by atoms with Crippen LogP contribution in [0.4, 0.5) is 5.69 Å². The Morgan fingerprint density at radius 1 is 0.897 bits per heavy atom. The number of carbonyl (C=O) groups is 1. The molecule has 4 aromatic carbocycles. The minimum atomic E-state index is -0.373. The molecule has 0 aliphatic carbocycles. The van der Waals surface area contributed by atoms with Gasteiger partial charge < -0.3 is 14.3 Å². The van der Waals surface area contributed by atoms with E-state index in [0.717, 1.165) is 22.0 Å². The third kappa shape index (κ3) is 5.72. The van der Waals surface area contributed by atoms with Crippen LogP contribution in [0.5, 0.6) is 0 Å². The van der Waals surface area contributed by atoms with E-state index in [-0.39, 0.29) is 16.6 Å². The number of benzene rings is 4. The van der Waals surface area contributed by atoms with E-state index in [2.05, 4.69) is 40.0 Å². The van der Waals surface area contributed by atoms with Crippen LogP contribution in [0.15, 0.2) is 115 Å². The lowest BCUT2D eigenvalue weighted by molar-refractivity contribution is -0.384. The van der Waals surface area contributed by atoms with Crippen LogP contribution in [-0.2, 0) is 11.3 Å². The molecule has 0 atom stereocenters. The number of ether oxygens (including phenoxy) is 1. The number of rotatable bonds is 6. The summed E-state index contributed by atoms with van der Waals surface area (Å²) in [5.41, 5.74) is 6.14. The molecule has 7 heteroatoms. The first-order valence-electron chi connectivity index (χ1n) is 12.6. The van der Waals surface area contributed by atoms with E-state index in [0.29, 0.717) is 18.8 Å². The topological polar surface area (TPSA) is 90.2 Å². The van der Waals surface area contributed by atoms with E-state index >= 15 is 0 Å². The number of carbonyl (C=O) groups excluding carboxylic acids is 1. The molecular formula is C32H27N3O4. The standard InChI is InChI=1S/C21H16N2O2.C11H11NO2/c24-23(25)18-12-10-16(11-13-18)14-22-15-20(17-6-2-1-3-7-17)19-8-4-5-9-21(19)22;1-2-14-11(13)10-7-8-5-3-4-6-9(8)12-10/h1-13,15H,14H2;3-7,12H,2H2,1H3. The van der Waals surface area contributed by atoms with Gasteiger partial charge in [0, 0.05) is 52.2 Å². The molecule has 0 aliphatic rings. The van der Waals surface area contributed by atoms with Gasteiger partial charge in [0.1, 0.15) is 5.69 Å².